The average molecular weight is 398 g/mol. The van der Waals surface area contributed by atoms with Crippen molar-refractivity contribution in [1.29, 1.82) is 0 Å². The number of para-hydroxylation sites is 1. The summed E-state index contributed by atoms with van der Waals surface area (Å²) in [5.74, 6) is -0.221. The molecular formula is C16H15Cl2N4O2S+. The highest BCUT2D eigenvalue weighted by molar-refractivity contribution is 7.15. The molecule has 0 saturated heterocycles. The van der Waals surface area contributed by atoms with Crippen LogP contribution >= 0.6 is 34.5 Å². The molecule has 0 fully saturated rings. The Bertz CT molecular complexity index is 965. The molecule has 2 heterocycles. The van der Waals surface area contributed by atoms with Crippen molar-refractivity contribution in [2.75, 3.05) is 18.9 Å². The van der Waals surface area contributed by atoms with Crippen LogP contribution in [0.2, 0.25) is 10.0 Å². The van der Waals surface area contributed by atoms with Crippen molar-refractivity contribution in [3.63, 3.8) is 0 Å². The Morgan fingerprint density at radius 3 is 2.80 bits per heavy atom. The molecule has 2 N–H and O–H groups in total. The van der Waals surface area contributed by atoms with Crippen LogP contribution in [-0.2, 0) is 11.3 Å². The molecule has 0 aliphatic heterocycles. The van der Waals surface area contributed by atoms with E-state index < -0.39 is 0 Å². The van der Waals surface area contributed by atoms with Gasteiger partial charge in [0.2, 0.25) is 0 Å². The molecule has 1 aromatic carbocycles. The van der Waals surface area contributed by atoms with E-state index in [9.17, 15) is 9.59 Å². The molecule has 3 aromatic rings. The van der Waals surface area contributed by atoms with E-state index in [0.717, 1.165) is 4.90 Å². The normalized spacial score (nSPS) is 12.3. The fraction of sp³-hybridized carbons (Fsp3) is 0.188. The Balaban J connectivity index is 1.66. The third-order valence-corrected chi connectivity index (χ3v) is 4.92. The lowest BCUT2D eigenvalue weighted by atomic mass is 10.3. The number of carbonyl (C=O) groups is 1. The van der Waals surface area contributed by atoms with E-state index in [-0.39, 0.29) is 18.0 Å². The molecule has 0 bridgehead atoms. The second-order valence-corrected chi connectivity index (χ2v) is 7.28. The van der Waals surface area contributed by atoms with E-state index in [1.54, 1.807) is 24.4 Å². The minimum absolute atomic E-state index is 0.124. The van der Waals surface area contributed by atoms with Crippen LogP contribution in [0.15, 0.2) is 40.6 Å². The summed E-state index contributed by atoms with van der Waals surface area (Å²) in [7, 11) is 1.85. The lowest BCUT2D eigenvalue weighted by molar-refractivity contribution is -0.885. The van der Waals surface area contributed by atoms with Crippen LogP contribution in [0.25, 0.3) is 4.96 Å². The van der Waals surface area contributed by atoms with Gasteiger partial charge in [-0.15, -0.1) is 11.3 Å². The number of hydrogen-bond acceptors (Lipinski definition) is 4. The van der Waals surface area contributed by atoms with Gasteiger partial charge in [-0.2, -0.15) is 0 Å². The number of nitrogens with one attached hydrogen (secondary N) is 2. The van der Waals surface area contributed by atoms with Gasteiger partial charge in [0.15, 0.2) is 11.5 Å². The van der Waals surface area contributed by atoms with Crippen LogP contribution in [0, 0.1) is 0 Å². The molecule has 0 spiro atoms. The zero-order valence-corrected chi connectivity index (χ0v) is 15.6. The van der Waals surface area contributed by atoms with Gasteiger partial charge in [-0.3, -0.25) is 14.0 Å². The van der Waals surface area contributed by atoms with Gasteiger partial charge in [-0.25, -0.2) is 4.98 Å². The summed E-state index contributed by atoms with van der Waals surface area (Å²) in [6.45, 7) is 0.639. The molecule has 1 unspecified atom stereocenters. The lowest BCUT2D eigenvalue weighted by Crippen LogP contribution is -3.08. The van der Waals surface area contributed by atoms with Crippen molar-refractivity contribution >= 4 is 51.1 Å². The van der Waals surface area contributed by atoms with Crippen molar-refractivity contribution in [1.82, 2.24) is 9.38 Å². The predicted octanol–water partition coefficient (Wildman–Crippen LogP) is 1.72. The fourth-order valence-electron chi connectivity index (χ4n) is 2.43. The van der Waals surface area contributed by atoms with Gasteiger partial charge in [-0.05, 0) is 12.1 Å². The van der Waals surface area contributed by atoms with Crippen molar-refractivity contribution < 1.29 is 9.69 Å². The number of nitrogens with zero attached hydrogens (tertiary/aromatic N) is 2. The molecule has 130 valence electrons. The molecule has 0 aliphatic carbocycles. The van der Waals surface area contributed by atoms with Gasteiger partial charge >= 0.3 is 0 Å². The summed E-state index contributed by atoms with van der Waals surface area (Å²) < 4.78 is 1.50. The molecule has 0 aliphatic rings. The van der Waals surface area contributed by atoms with Gasteiger partial charge in [0.05, 0.1) is 22.8 Å². The molecule has 1 amide bonds. The molecule has 1 atom stereocenters. The maximum atomic E-state index is 12.2. The fourth-order valence-corrected chi connectivity index (χ4v) is 3.66. The number of likely N-dealkylation sites (N-methyl/N-ethyl adjacent to an activating group) is 1. The molecule has 9 heteroatoms. The first kappa shape index (κ1) is 17.9. The summed E-state index contributed by atoms with van der Waals surface area (Å²) in [4.78, 5) is 30.2. The first-order chi connectivity index (χ1) is 11.9. The summed E-state index contributed by atoms with van der Waals surface area (Å²) in [6, 6.07) is 6.52. The largest absolute Gasteiger partial charge is 0.325 e. The number of anilines is 1. The van der Waals surface area contributed by atoms with Gasteiger partial charge in [0.1, 0.15) is 12.2 Å². The van der Waals surface area contributed by atoms with E-state index in [4.69, 9.17) is 23.2 Å². The highest BCUT2D eigenvalue weighted by Crippen LogP contribution is 2.29. The third-order valence-electron chi connectivity index (χ3n) is 3.53. The third kappa shape index (κ3) is 4.19. The first-order valence-electron chi connectivity index (χ1n) is 7.45. The van der Waals surface area contributed by atoms with Crippen molar-refractivity contribution in [3.8, 4) is 0 Å². The summed E-state index contributed by atoms with van der Waals surface area (Å²) in [6.07, 6.45) is 1.69. The zero-order valence-electron chi connectivity index (χ0n) is 13.3. The number of fused-ring (bicyclic) bond motifs is 1. The predicted molar refractivity (Wildman–Crippen MR) is 99.9 cm³/mol. The highest BCUT2D eigenvalue weighted by atomic mass is 35.5. The number of rotatable bonds is 5. The quantitative estimate of drug-likeness (QED) is 0.688. The van der Waals surface area contributed by atoms with Crippen LogP contribution in [0.5, 0.6) is 0 Å². The maximum Gasteiger partial charge on any atom is 0.279 e. The van der Waals surface area contributed by atoms with Gasteiger partial charge in [0, 0.05) is 17.6 Å². The summed E-state index contributed by atoms with van der Waals surface area (Å²) >= 11 is 13.5. The maximum absolute atomic E-state index is 12.2. The van der Waals surface area contributed by atoms with Crippen LogP contribution in [0.4, 0.5) is 5.69 Å². The molecule has 2 aromatic heterocycles. The van der Waals surface area contributed by atoms with Crippen LogP contribution < -0.4 is 15.8 Å². The van der Waals surface area contributed by atoms with E-state index in [1.165, 1.54) is 21.8 Å². The minimum atomic E-state index is -0.221. The number of halogens is 2. The number of benzene rings is 1. The Labute approximate surface area is 157 Å². The van der Waals surface area contributed by atoms with Crippen molar-refractivity contribution in [2.45, 2.75) is 6.54 Å². The van der Waals surface area contributed by atoms with Crippen molar-refractivity contribution in [2.24, 2.45) is 0 Å². The van der Waals surface area contributed by atoms with E-state index >= 15 is 0 Å². The monoisotopic (exact) mass is 397 g/mol. The number of thiazole rings is 1. The highest BCUT2D eigenvalue weighted by Gasteiger charge is 2.15. The van der Waals surface area contributed by atoms with E-state index in [0.29, 0.717) is 32.9 Å². The smallest absolute Gasteiger partial charge is 0.279 e. The standard InChI is InChI=1S/C16H14Cl2N4O2S/c1-21(8-10-7-14(24)22-5-6-25-16(22)19-10)9-13(23)20-15-11(17)3-2-4-12(15)18/h2-7H,8-9H2,1H3,(H,20,23)/p+1. The number of quaternary nitrogens is 1. The number of amides is 1. The topological polar surface area (TPSA) is 67.9 Å². The second-order valence-electron chi connectivity index (χ2n) is 5.60. The van der Waals surface area contributed by atoms with Crippen LogP contribution in [0.3, 0.4) is 0 Å². The van der Waals surface area contributed by atoms with E-state index in [2.05, 4.69) is 10.3 Å². The van der Waals surface area contributed by atoms with E-state index in [1.807, 2.05) is 12.4 Å². The Kier molecular flexibility index (Phi) is 5.39. The summed E-state index contributed by atoms with van der Waals surface area (Å²) in [5.41, 5.74) is 0.926. The SMILES string of the molecule is C[NH+](CC(=O)Nc1c(Cl)cccc1Cl)Cc1cc(=O)n2ccsc2n1. The van der Waals surface area contributed by atoms with Gasteiger partial charge in [-0.1, -0.05) is 29.3 Å². The Hall–Kier alpha value is -1.93. The molecule has 0 saturated carbocycles. The second kappa shape index (κ2) is 7.53. The molecular weight excluding hydrogens is 383 g/mol. The Morgan fingerprint density at radius 1 is 1.36 bits per heavy atom. The lowest BCUT2D eigenvalue weighted by Gasteiger charge is -2.14. The number of hydrogen-bond donors (Lipinski definition) is 2. The van der Waals surface area contributed by atoms with Crippen LogP contribution in [-0.4, -0.2) is 28.9 Å². The first-order valence-corrected chi connectivity index (χ1v) is 9.08. The van der Waals surface area contributed by atoms with Gasteiger partial charge < -0.3 is 10.2 Å². The van der Waals surface area contributed by atoms with Gasteiger partial charge in [0.25, 0.3) is 11.5 Å². The average Bonchev–Trinajstić information content (AvgIpc) is 3.00. The molecule has 0 radical (unpaired) electrons. The molecule has 3 rings (SSSR count). The van der Waals surface area contributed by atoms with Crippen LogP contribution in [0.1, 0.15) is 5.69 Å². The zero-order chi connectivity index (χ0) is 18.0. The molecule has 6 nitrogen and oxygen atoms in total. The number of carbonyl (C=O) groups excluding carboxylic acids is 1. The number of aromatic nitrogens is 2. The Morgan fingerprint density at radius 2 is 2.08 bits per heavy atom. The summed E-state index contributed by atoms with van der Waals surface area (Å²) in [5, 5.41) is 5.31. The van der Waals surface area contributed by atoms with Crippen molar-refractivity contribution in [3.05, 3.63) is 61.9 Å². The minimum Gasteiger partial charge on any atom is -0.325 e. The molecule has 25 heavy (non-hydrogen) atoms.